The lowest BCUT2D eigenvalue weighted by molar-refractivity contribution is 0.169. The summed E-state index contributed by atoms with van der Waals surface area (Å²) in [6.45, 7) is 2.27. The van der Waals surface area contributed by atoms with E-state index >= 15 is 0 Å². The molecule has 88 valence electrons. The SMILES string of the molecule is CCNC(=O)NCC(O)c1ccccc1F. The average Bonchev–Trinajstić information content (AvgIpc) is 2.27. The second kappa shape index (κ2) is 6.07. The Labute approximate surface area is 93.5 Å². The fraction of sp³-hybridized carbons (Fsp3) is 0.364. The molecule has 0 saturated carbocycles. The molecule has 0 aliphatic rings. The van der Waals surface area contributed by atoms with Gasteiger partial charge in [-0.05, 0) is 13.0 Å². The molecule has 1 aromatic carbocycles. The molecule has 1 atom stereocenters. The van der Waals surface area contributed by atoms with E-state index in [1.54, 1.807) is 19.1 Å². The van der Waals surface area contributed by atoms with Crippen molar-refractivity contribution in [2.45, 2.75) is 13.0 Å². The lowest BCUT2D eigenvalue weighted by atomic mass is 10.1. The van der Waals surface area contributed by atoms with Crippen molar-refractivity contribution in [3.63, 3.8) is 0 Å². The number of carbonyl (C=O) groups excluding carboxylic acids is 1. The molecule has 0 spiro atoms. The lowest BCUT2D eigenvalue weighted by Crippen LogP contribution is -2.37. The zero-order chi connectivity index (χ0) is 12.0. The van der Waals surface area contributed by atoms with Crippen molar-refractivity contribution in [3.8, 4) is 0 Å². The van der Waals surface area contributed by atoms with Crippen molar-refractivity contribution in [1.29, 1.82) is 0 Å². The summed E-state index contributed by atoms with van der Waals surface area (Å²) < 4.78 is 13.2. The molecular formula is C11H15FN2O2. The van der Waals surface area contributed by atoms with Crippen LogP contribution in [-0.4, -0.2) is 24.2 Å². The summed E-state index contributed by atoms with van der Waals surface area (Å²) in [7, 11) is 0. The summed E-state index contributed by atoms with van der Waals surface area (Å²) in [6.07, 6.45) is -1.04. The van der Waals surface area contributed by atoms with Gasteiger partial charge in [0.1, 0.15) is 5.82 Å². The zero-order valence-electron chi connectivity index (χ0n) is 9.03. The van der Waals surface area contributed by atoms with Crippen LogP contribution in [0.25, 0.3) is 0 Å². The van der Waals surface area contributed by atoms with Gasteiger partial charge >= 0.3 is 6.03 Å². The van der Waals surface area contributed by atoms with Crippen molar-refractivity contribution >= 4 is 6.03 Å². The summed E-state index contributed by atoms with van der Waals surface area (Å²) in [4.78, 5) is 11.0. The molecule has 0 radical (unpaired) electrons. The number of rotatable bonds is 4. The smallest absolute Gasteiger partial charge is 0.314 e. The Kier molecular flexibility index (Phi) is 4.72. The van der Waals surface area contributed by atoms with E-state index in [-0.39, 0.29) is 18.1 Å². The molecule has 0 fully saturated rings. The van der Waals surface area contributed by atoms with Crippen LogP contribution in [0.15, 0.2) is 24.3 Å². The third kappa shape index (κ3) is 3.51. The van der Waals surface area contributed by atoms with Crippen molar-refractivity contribution in [1.82, 2.24) is 10.6 Å². The number of aliphatic hydroxyl groups is 1. The van der Waals surface area contributed by atoms with Gasteiger partial charge in [-0.25, -0.2) is 9.18 Å². The van der Waals surface area contributed by atoms with E-state index in [0.717, 1.165) is 0 Å². The summed E-state index contributed by atoms with van der Waals surface area (Å²) >= 11 is 0. The number of urea groups is 1. The topological polar surface area (TPSA) is 61.4 Å². The minimum Gasteiger partial charge on any atom is -0.386 e. The van der Waals surface area contributed by atoms with Crippen molar-refractivity contribution < 1.29 is 14.3 Å². The van der Waals surface area contributed by atoms with Gasteiger partial charge in [-0.2, -0.15) is 0 Å². The van der Waals surface area contributed by atoms with Gasteiger partial charge in [-0.1, -0.05) is 18.2 Å². The van der Waals surface area contributed by atoms with Gasteiger partial charge in [0, 0.05) is 18.7 Å². The molecule has 3 N–H and O–H groups in total. The number of carbonyl (C=O) groups is 1. The molecule has 1 aromatic rings. The van der Waals surface area contributed by atoms with Gasteiger partial charge in [0.25, 0.3) is 0 Å². The maximum absolute atomic E-state index is 13.2. The molecular weight excluding hydrogens is 211 g/mol. The first-order chi connectivity index (χ1) is 7.65. The maximum Gasteiger partial charge on any atom is 0.314 e. The molecule has 0 aliphatic carbocycles. The maximum atomic E-state index is 13.2. The first-order valence-electron chi connectivity index (χ1n) is 5.09. The second-order valence-electron chi connectivity index (χ2n) is 3.28. The van der Waals surface area contributed by atoms with Crippen molar-refractivity contribution in [2.75, 3.05) is 13.1 Å². The van der Waals surface area contributed by atoms with Crippen LogP contribution in [-0.2, 0) is 0 Å². The van der Waals surface area contributed by atoms with Crippen LogP contribution in [0, 0.1) is 5.82 Å². The van der Waals surface area contributed by atoms with Crippen LogP contribution in [0.4, 0.5) is 9.18 Å². The number of hydrogen-bond donors (Lipinski definition) is 3. The molecule has 4 nitrogen and oxygen atoms in total. The van der Waals surface area contributed by atoms with Crippen LogP contribution in [0.5, 0.6) is 0 Å². The van der Waals surface area contributed by atoms with E-state index in [2.05, 4.69) is 10.6 Å². The summed E-state index contributed by atoms with van der Waals surface area (Å²) in [5, 5.41) is 14.6. The monoisotopic (exact) mass is 226 g/mol. The Balaban J connectivity index is 2.50. The van der Waals surface area contributed by atoms with E-state index in [1.165, 1.54) is 12.1 Å². The minimum absolute atomic E-state index is 0.0211. The fourth-order valence-corrected chi connectivity index (χ4v) is 1.27. The van der Waals surface area contributed by atoms with Gasteiger partial charge in [-0.3, -0.25) is 0 Å². The molecule has 0 heterocycles. The van der Waals surface area contributed by atoms with Crippen molar-refractivity contribution in [3.05, 3.63) is 35.6 Å². The molecule has 0 saturated heterocycles. The lowest BCUT2D eigenvalue weighted by Gasteiger charge is -2.13. The van der Waals surface area contributed by atoms with Crippen LogP contribution in [0.3, 0.4) is 0 Å². The van der Waals surface area contributed by atoms with Gasteiger partial charge in [-0.15, -0.1) is 0 Å². The Bertz CT molecular complexity index is 358. The van der Waals surface area contributed by atoms with Gasteiger partial charge in [0.15, 0.2) is 0 Å². The number of benzene rings is 1. The Morgan fingerprint density at radius 2 is 2.12 bits per heavy atom. The second-order valence-corrected chi connectivity index (χ2v) is 3.28. The van der Waals surface area contributed by atoms with E-state index in [1.807, 2.05) is 0 Å². The number of nitrogens with one attached hydrogen (secondary N) is 2. The molecule has 2 amide bonds. The largest absolute Gasteiger partial charge is 0.386 e. The predicted molar refractivity (Wildman–Crippen MR) is 58.4 cm³/mol. The molecule has 0 bridgehead atoms. The summed E-state index contributed by atoms with van der Waals surface area (Å²) in [5.74, 6) is -0.479. The minimum atomic E-state index is -1.04. The Morgan fingerprint density at radius 1 is 1.44 bits per heavy atom. The quantitative estimate of drug-likeness (QED) is 0.722. The summed E-state index contributed by atoms with van der Waals surface area (Å²) in [5.41, 5.74) is 0.180. The summed E-state index contributed by atoms with van der Waals surface area (Å²) in [6, 6.07) is 5.55. The number of hydrogen-bond acceptors (Lipinski definition) is 2. The van der Waals surface area contributed by atoms with E-state index in [4.69, 9.17) is 0 Å². The van der Waals surface area contributed by atoms with Crippen LogP contribution in [0.2, 0.25) is 0 Å². The molecule has 5 heteroatoms. The zero-order valence-corrected chi connectivity index (χ0v) is 9.03. The average molecular weight is 226 g/mol. The fourth-order valence-electron chi connectivity index (χ4n) is 1.27. The third-order valence-electron chi connectivity index (χ3n) is 2.06. The highest BCUT2D eigenvalue weighted by molar-refractivity contribution is 5.73. The number of amides is 2. The predicted octanol–water partition coefficient (Wildman–Crippen LogP) is 1.18. The molecule has 1 rings (SSSR count). The van der Waals surface area contributed by atoms with Crippen LogP contribution < -0.4 is 10.6 Å². The van der Waals surface area contributed by atoms with Gasteiger partial charge < -0.3 is 15.7 Å². The number of aliphatic hydroxyl groups excluding tert-OH is 1. The molecule has 0 aromatic heterocycles. The van der Waals surface area contributed by atoms with E-state index in [9.17, 15) is 14.3 Å². The third-order valence-corrected chi connectivity index (χ3v) is 2.06. The molecule has 1 unspecified atom stereocenters. The van der Waals surface area contributed by atoms with E-state index in [0.29, 0.717) is 6.54 Å². The molecule has 16 heavy (non-hydrogen) atoms. The first-order valence-corrected chi connectivity index (χ1v) is 5.09. The van der Waals surface area contributed by atoms with Gasteiger partial charge in [0.2, 0.25) is 0 Å². The van der Waals surface area contributed by atoms with Gasteiger partial charge in [0.05, 0.1) is 6.10 Å². The molecule has 0 aliphatic heterocycles. The van der Waals surface area contributed by atoms with Crippen molar-refractivity contribution in [2.24, 2.45) is 0 Å². The standard InChI is InChI=1S/C11H15FN2O2/c1-2-13-11(16)14-7-10(15)8-5-3-4-6-9(8)12/h3-6,10,15H,2,7H2,1H3,(H2,13,14,16). The van der Waals surface area contributed by atoms with Crippen LogP contribution in [0.1, 0.15) is 18.6 Å². The van der Waals surface area contributed by atoms with Crippen LogP contribution >= 0.6 is 0 Å². The Hall–Kier alpha value is -1.62. The normalized spacial score (nSPS) is 11.9. The highest BCUT2D eigenvalue weighted by Gasteiger charge is 2.12. The number of halogens is 1. The highest BCUT2D eigenvalue weighted by Crippen LogP contribution is 2.15. The first kappa shape index (κ1) is 12.4. The highest BCUT2D eigenvalue weighted by atomic mass is 19.1. The Morgan fingerprint density at radius 3 is 2.75 bits per heavy atom. The van der Waals surface area contributed by atoms with E-state index < -0.39 is 11.9 Å².